The highest BCUT2D eigenvalue weighted by molar-refractivity contribution is 5.67. The second-order valence-electron chi connectivity index (χ2n) is 6.52. The molecule has 2 aromatic rings. The zero-order valence-corrected chi connectivity index (χ0v) is 15.1. The molecule has 1 amide bonds. The van der Waals surface area contributed by atoms with Crippen molar-refractivity contribution in [3.63, 3.8) is 0 Å². The lowest BCUT2D eigenvalue weighted by molar-refractivity contribution is -0.0278. The number of carbonyl (C=O) groups is 1. The van der Waals surface area contributed by atoms with Crippen molar-refractivity contribution >= 4 is 6.09 Å². The summed E-state index contributed by atoms with van der Waals surface area (Å²) in [4.78, 5) is 14.0. The Morgan fingerprint density at radius 1 is 1.19 bits per heavy atom. The van der Waals surface area contributed by atoms with Gasteiger partial charge in [-0.1, -0.05) is 60.7 Å². The van der Waals surface area contributed by atoms with Gasteiger partial charge in [-0.25, -0.2) is 4.79 Å². The summed E-state index contributed by atoms with van der Waals surface area (Å²) in [5.74, 6) is 0. The van der Waals surface area contributed by atoms with E-state index in [1.54, 1.807) is 4.90 Å². The summed E-state index contributed by atoms with van der Waals surface area (Å²) < 4.78 is 11.2. The molecule has 2 atom stereocenters. The molecular weight excluding hydrogens is 328 g/mol. The summed E-state index contributed by atoms with van der Waals surface area (Å²) in [6.07, 6.45) is -0.308. The first-order valence-electron chi connectivity index (χ1n) is 9.08. The third-order valence-electron chi connectivity index (χ3n) is 4.55. The van der Waals surface area contributed by atoms with E-state index in [0.717, 1.165) is 5.56 Å². The lowest BCUT2D eigenvalue weighted by Crippen LogP contribution is -2.49. The molecule has 1 aliphatic heterocycles. The Morgan fingerprint density at radius 3 is 2.62 bits per heavy atom. The van der Waals surface area contributed by atoms with E-state index < -0.39 is 0 Å². The van der Waals surface area contributed by atoms with Crippen LogP contribution in [0.5, 0.6) is 0 Å². The molecule has 0 spiro atoms. The topological polar surface area (TPSA) is 50.8 Å². The molecule has 1 heterocycles. The van der Waals surface area contributed by atoms with E-state index in [1.165, 1.54) is 5.56 Å². The highest BCUT2D eigenvalue weighted by Gasteiger charge is 2.25. The normalized spacial score (nSPS) is 18.3. The van der Waals surface area contributed by atoms with Gasteiger partial charge in [0, 0.05) is 19.1 Å². The Hall–Kier alpha value is -2.37. The second kappa shape index (κ2) is 9.36. The quantitative estimate of drug-likeness (QED) is 0.864. The predicted molar refractivity (Wildman–Crippen MR) is 101 cm³/mol. The fraction of sp³-hybridized carbons (Fsp3) is 0.381. The minimum atomic E-state index is -0.279. The zero-order chi connectivity index (χ0) is 18.2. The first-order valence-corrected chi connectivity index (χ1v) is 9.08. The smallest absolute Gasteiger partial charge is 0.410 e. The van der Waals surface area contributed by atoms with Gasteiger partial charge in [0.25, 0.3) is 0 Å². The molecule has 1 aliphatic rings. The Kier molecular flexibility index (Phi) is 6.63. The van der Waals surface area contributed by atoms with Gasteiger partial charge in [0.15, 0.2) is 0 Å². The van der Waals surface area contributed by atoms with E-state index in [4.69, 9.17) is 9.47 Å². The average molecular weight is 354 g/mol. The summed E-state index contributed by atoms with van der Waals surface area (Å²) in [5.41, 5.74) is 2.23. The summed E-state index contributed by atoms with van der Waals surface area (Å²) in [6.45, 7) is 4.76. The molecule has 138 valence electrons. The van der Waals surface area contributed by atoms with Gasteiger partial charge in [-0.15, -0.1) is 0 Å². The van der Waals surface area contributed by atoms with Crippen LogP contribution in [-0.2, 0) is 16.1 Å². The van der Waals surface area contributed by atoms with Crippen LogP contribution in [0.3, 0.4) is 0 Å². The maximum Gasteiger partial charge on any atom is 0.410 e. The highest BCUT2D eigenvalue weighted by Crippen LogP contribution is 2.13. The molecule has 1 fully saturated rings. The molecule has 0 bridgehead atoms. The summed E-state index contributed by atoms with van der Waals surface area (Å²) >= 11 is 0. The molecule has 1 saturated heterocycles. The van der Waals surface area contributed by atoms with E-state index in [2.05, 4.69) is 24.4 Å². The van der Waals surface area contributed by atoms with Crippen molar-refractivity contribution in [2.75, 3.05) is 26.2 Å². The van der Waals surface area contributed by atoms with Crippen LogP contribution < -0.4 is 5.32 Å². The van der Waals surface area contributed by atoms with Crippen LogP contribution in [0.2, 0.25) is 0 Å². The fourth-order valence-electron chi connectivity index (χ4n) is 2.99. The van der Waals surface area contributed by atoms with E-state index in [1.807, 2.05) is 48.5 Å². The molecule has 26 heavy (non-hydrogen) atoms. The third-order valence-corrected chi connectivity index (χ3v) is 4.55. The van der Waals surface area contributed by atoms with Gasteiger partial charge in [0.05, 0.1) is 19.3 Å². The van der Waals surface area contributed by atoms with Crippen LogP contribution in [-0.4, -0.2) is 43.3 Å². The first kappa shape index (κ1) is 18.4. The lowest BCUT2D eigenvalue weighted by atomic mass is 10.1. The maximum atomic E-state index is 12.3. The van der Waals surface area contributed by atoms with Gasteiger partial charge < -0.3 is 19.7 Å². The van der Waals surface area contributed by atoms with Crippen LogP contribution in [0.25, 0.3) is 0 Å². The largest absolute Gasteiger partial charge is 0.445 e. The van der Waals surface area contributed by atoms with Crippen LogP contribution >= 0.6 is 0 Å². The predicted octanol–water partition coefficient (Wildman–Crippen LogP) is 3.37. The SMILES string of the molecule is CC(NCC1CN(C(=O)OCc2ccccc2)CCO1)c1ccccc1. The Morgan fingerprint density at radius 2 is 1.88 bits per heavy atom. The molecule has 0 aromatic heterocycles. The standard InChI is InChI=1S/C21H26N2O3/c1-17(19-10-6-3-7-11-19)22-14-20-15-23(12-13-25-20)21(24)26-16-18-8-4-2-5-9-18/h2-11,17,20,22H,12-16H2,1H3. The number of nitrogens with zero attached hydrogens (tertiary/aromatic N) is 1. The fourth-order valence-corrected chi connectivity index (χ4v) is 2.99. The minimum Gasteiger partial charge on any atom is -0.445 e. The molecule has 0 aliphatic carbocycles. The van der Waals surface area contributed by atoms with Crippen LogP contribution in [0.15, 0.2) is 60.7 Å². The molecular formula is C21H26N2O3. The number of rotatable bonds is 6. The van der Waals surface area contributed by atoms with E-state index in [-0.39, 0.29) is 18.2 Å². The van der Waals surface area contributed by atoms with E-state index >= 15 is 0 Å². The van der Waals surface area contributed by atoms with Gasteiger partial charge >= 0.3 is 6.09 Å². The molecule has 2 unspecified atom stereocenters. The average Bonchev–Trinajstić information content (AvgIpc) is 2.72. The Bertz CT molecular complexity index is 678. The Balaban J connectivity index is 1.44. The van der Waals surface area contributed by atoms with Crippen molar-refractivity contribution in [1.82, 2.24) is 10.2 Å². The monoisotopic (exact) mass is 354 g/mol. The molecule has 5 heteroatoms. The van der Waals surface area contributed by atoms with Crippen molar-refractivity contribution in [2.45, 2.75) is 25.7 Å². The van der Waals surface area contributed by atoms with Gasteiger partial charge in [-0.2, -0.15) is 0 Å². The number of morpholine rings is 1. The lowest BCUT2D eigenvalue weighted by Gasteiger charge is -2.33. The van der Waals surface area contributed by atoms with Crippen molar-refractivity contribution in [3.05, 3.63) is 71.8 Å². The van der Waals surface area contributed by atoms with Gasteiger partial charge in [0.2, 0.25) is 0 Å². The van der Waals surface area contributed by atoms with Crippen LogP contribution in [0.1, 0.15) is 24.1 Å². The number of hydrogen-bond acceptors (Lipinski definition) is 4. The number of ether oxygens (including phenoxy) is 2. The molecule has 2 aromatic carbocycles. The summed E-state index contributed by atoms with van der Waals surface area (Å²) in [5, 5.41) is 3.48. The number of nitrogens with one attached hydrogen (secondary N) is 1. The number of hydrogen-bond donors (Lipinski definition) is 1. The zero-order valence-electron chi connectivity index (χ0n) is 15.1. The minimum absolute atomic E-state index is 0.0285. The number of amides is 1. The third kappa shape index (κ3) is 5.31. The molecule has 3 rings (SSSR count). The molecule has 1 N–H and O–H groups in total. The summed E-state index contributed by atoms with van der Waals surface area (Å²) in [6, 6.07) is 20.3. The van der Waals surface area contributed by atoms with Crippen molar-refractivity contribution < 1.29 is 14.3 Å². The van der Waals surface area contributed by atoms with Crippen molar-refractivity contribution in [2.24, 2.45) is 0 Å². The van der Waals surface area contributed by atoms with Gasteiger partial charge in [0.1, 0.15) is 6.61 Å². The van der Waals surface area contributed by atoms with E-state index in [0.29, 0.717) is 32.8 Å². The van der Waals surface area contributed by atoms with Crippen LogP contribution in [0, 0.1) is 0 Å². The number of carbonyl (C=O) groups excluding carboxylic acids is 1. The van der Waals surface area contributed by atoms with Crippen molar-refractivity contribution in [3.8, 4) is 0 Å². The summed E-state index contributed by atoms with van der Waals surface area (Å²) in [7, 11) is 0. The van der Waals surface area contributed by atoms with Crippen LogP contribution in [0.4, 0.5) is 4.79 Å². The molecule has 0 radical (unpaired) electrons. The Labute approximate surface area is 154 Å². The van der Waals surface area contributed by atoms with E-state index in [9.17, 15) is 4.79 Å². The van der Waals surface area contributed by atoms with Crippen molar-refractivity contribution in [1.29, 1.82) is 0 Å². The maximum absolute atomic E-state index is 12.3. The first-order chi connectivity index (χ1) is 12.7. The van der Waals surface area contributed by atoms with Gasteiger partial charge in [-0.05, 0) is 18.1 Å². The highest BCUT2D eigenvalue weighted by atomic mass is 16.6. The molecule has 0 saturated carbocycles. The molecule has 5 nitrogen and oxygen atoms in total. The second-order valence-corrected chi connectivity index (χ2v) is 6.52. The number of benzene rings is 2. The van der Waals surface area contributed by atoms with Gasteiger partial charge in [-0.3, -0.25) is 0 Å².